The first-order valence-corrected chi connectivity index (χ1v) is 10.5. The molecule has 0 spiro atoms. The number of carboxylic acids is 1. The number of methoxy groups -OCH3 is 1. The van der Waals surface area contributed by atoms with E-state index in [1.807, 2.05) is 6.07 Å². The Bertz CT molecular complexity index is 1120. The van der Waals surface area contributed by atoms with E-state index < -0.39 is 5.97 Å². The van der Waals surface area contributed by atoms with Gasteiger partial charge in [0.1, 0.15) is 6.61 Å². The highest BCUT2D eigenvalue weighted by molar-refractivity contribution is 6.42. The molecule has 5 nitrogen and oxygen atoms in total. The first kappa shape index (κ1) is 23.4. The molecule has 31 heavy (non-hydrogen) atoms. The Morgan fingerprint density at radius 3 is 2.29 bits per heavy atom. The molecule has 0 aliphatic rings. The fraction of sp³-hybridized carbons (Fsp3) is 0.136. The highest BCUT2D eigenvalue weighted by Crippen LogP contribution is 2.37. The van der Waals surface area contributed by atoms with Crippen molar-refractivity contribution >= 4 is 58.1 Å². The summed E-state index contributed by atoms with van der Waals surface area (Å²) in [6.07, 6.45) is 0. The van der Waals surface area contributed by atoms with Crippen molar-refractivity contribution in [1.29, 1.82) is 0 Å². The van der Waals surface area contributed by atoms with Gasteiger partial charge >= 0.3 is 5.97 Å². The van der Waals surface area contributed by atoms with Crippen LogP contribution in [0.25, 0.3) is 0 Å². The number of anilines is 1. The Hall–Kier alpha value is -2.31. The Kier molecular flexibility index (Phi) is 7.79. The summed E-state index contributed by atoms with van der Waals surface area (Å²) in [6, 6.07) is 13.4. The van der Waals surface area contributed by atoms with Crippen LogP contribution >= 0.6 is 46.4 Å². The normalized spacial score (nSPS) is 10.6. The molecule has 0 aliphatic heterocycles. The molecular formula is C22H17Cl4NO4. The van der Waals surface area contributed by atoms with Gasteiger partial charge in [-0.2, -0.15) is 0 Å². The average molecular weight is 501 g/mol. The molecule has 0 fully saturated rings. The summed E-state index contributed by atoms with van der Waals surface area (Å²) < 4.78 is 11.3. The number of rotatable bonds is 8. The van der Waals surface area contributed by atoms with Crippen molar-refractivity contribution in [1.82, 2.24) is 0 Å². The summed E-state index contributed by atoms with van der Waals surface area (Å²) in [4.78, 5) is 11.1. The minimum Gasteiger partial charge on any atom is -0.493 e. The predicted octanol–water partition coefficient (Wildman–Crippen LogP) is 7.20. The lowest BCUT2D eigenvalue weighted by atomic mass is 10.1. The van der Waals surface area contributed by atoms with Crippen LogP contribution < -0.4 is 14.8 Å². The van der Waals surface area contributed by atoms with E-state index in [1.54, 1.807) is 36.4 Å². The minimum atomic E-state index is -1.08. The molecule has 2 N–H and O–H groups in total. The van der Waals surface area contributed by atoms with Crippen LogP contribution in [-0.2, 0) is 13.2 Å². The molecule has 3 aromatic carbocycles. The molecule has 3 rings (SSSR count). The number of carboxylic acid groups (broad SMARTS) is 1. The molecule has 0 saturated carbocycles. The summed E-state index contributed by atoms with van der Waals surface area (Å²) in [5.74, 6) is -0.194. The van der Waals surface area contributed by atoms with Crippen molar-refractivity contribution in [3.63, 3.8) is 0 Å². The quantitative estimate of drug-likeness (QED) is 0.342. The van der Waals surface area contributed by atoms with E-state index in [0.29, 0.717) is 38.8 Å². The van der Waals surface area contributed by atoms with E-state index >= 15 is 0 Å². The van der Waals surface area contributed by atoms with E-state index in [-0.39, 0.29) is 17.2 Å². The maximum absolute atomic E-state index is 11.1. The molecule has 0 atom stereocenters. The predicted molar refractivity (Wildman–Crippen MR) is 125 cm³/mol. The standard InChI is InChI=1S/C22H17Cl4NO4/c1-30-20-8-13(10-27-14-3-4-15(22(28)29)17(24)9-14)7-19(26)21(20)31-11-12-2-5-16(23)18(25)6-12/h2-9,27H,10-11H2,1H3,(H,28,29). The van der Waals surface area contributed by atoms with Crippen LogP contribution in [0.5, 0.6) is 11.5 Å². The van der Waals surface area contributed by atoms with Gasteiger partial charge in [-0.05, 0) is 53.6 Å². The topological polar surface area (TPSA) is 67.8 Å². The number of benzene rings is 3. The lowest BCUT2D eigenvalue weighted by Gasteiger charge is -2.15. The van der Waals surface area contributed by atoms with Crippen LogP contribution in [0, 0.1) is 0 Å². The van der Waals surface area contributed by atoms with Crippen LogP contribution in [0.2, 0.25) is 20.1 Å². The van der Waals surface area contributed by atoms with E-state index in [4.69, 9.17) is 61.0 Å². The van der Waals surface area contributed by atoms with Crippen molar-refractivity contribution in [3.8, 4) is 11.5 Å². The first-order chi connectivity index (χ1) is 14.8. The number of carbonyl (C=O) groups is 1. The van der Waals surface area contributed by atoms with Gasteiger partial charge in [0.25, 0.3) is 0 Å². The zero-order valence-electron chi connectivity index (χ0n) is 16.2. The second kappa shape index (κ2) is 10.3. The molecule has 0 aromatic heterocycles. The number of hydrogen-bond acceptors (Lipinski definition) is 4. The van der Waals surface area contributed by atoms with E-state index in [9.17, 15) is 4.79 Å². The first-order valence-electron chi connectivity index (χ1n) is 8.98. The Morgan fingerprint density at radius 2 is 1.65 bits per heavy atom. The van der Waals surface area contributed by atoms with E-state index in [2.05, 4.69) is 5.32 Å². The highest BCUT2D eigenvalue weighted by atomic mass is 35.5. The fourth-order valence-corrected chi connectivity index (χ4v) is 3.67. The molecule has 0 bridgehead atoms. The molecule has 0 aliphatic carbocycles. The summed E-state index contributed by atoms with van der Waals surface area (Å²) in [5.41, 5.74) is 2.38. The molecule has 3 aromatic rings. The van der Waals surface area contributed by atoms with Gasteiger partial charge in [-0.25, -0.2) is 4.79 Å². The smallest absolute Gasteiger partial charge is 0.337 e. The van der Waals surface area contributed by atoms with Gasteiger partial charge in [-0.1, -0.05) is 52.5 Å². The maximum atomic E-state index is 11.1. The maximum Gasteiger partial charge on any atom is 0.337 e. The van der Waals surface area contributed by atoms with Crippen LogP contribution in [0.15, 0.2) is 48.5 Å². The Balaban J connectivity index is 1.72. The number of nitrogens with one attached hydrogen (secondary N) is 1. The van der Waals surface area contributed by atoms with E-state index in [1.165, 1.54) is 13.2 Å². The molecule has 0 heterocycles. The number of hydrogen-bond donors (Lipinski definition) is 2. The zero-order valence-corrected chi connectivity index (χ0v) is 19.2. The lowest BCUT2D eigenvalue weighted by Crippen LogP contribution is -2.04. The Morgan fingerprint density at radius 1 is 0.903 bits per heavy atom. The highest BCUT2D eigenvalue weighted by Gasteiger charge is 2.14. The minimum absolute atomic E-state index is 0.0420. The molecule has 0 unspecified atom stereocenters. The number of aromatic carboxylic acids is 1. The SMILES string of the molecule is COc1cc(CNc2ccc(C(=O)O)c(Cl)c2)cc(Cl)c1OCc1ccc(Cl)c(Cl)c1. The van der Waals surface area contributed by atoms with Crippen molar-refractivity contribution in [3.05, 3.63) is 85.3 Å². The second-order valence-corrected chi connectivity index (χ2v) is 8.13. The summed E-state index contributed by atoms with van der Waals surface area (Å²) >= 11 is 24.4. The lowest BCUT2D eigenvalue weighted by molar-refractivity contribution is 0.0697. The molecule has 0 amide bonds. The van der Waals surface area contributed by atoms with Gasteiger partial charge in [0.2, 0.25) is 0 Å². The van der Waals surface area contributed by atoms with Gasteiger partial charge in [0.05, 0.1) is 32.8 Å². The third-order valence-corrected chi connectivity index (χ3v) is 5.69. The summed E-state index contributed by atoms with van der Waals surface area (Å²) in [5, 5.41) is 13.7. The molecule has 162 valence electrons. The van der Waals surface area contributed by atoms with Gasteiger partial charge in [-0.3, -0.25) is 0 Å². The molecule has 9 heteroatoms. The van der Waals surface area contributed by atoms with Gasteiger partial charge in [0, 0.05) is 12.2 Å². The van der Waals surface area contributed by atoms with Gasteiger partial charge in [-0.15, -0.1) is 0 Å². The zero-order chi connectivity index (χ0) is 22.5. The monoisotopic (exact) mass is 499 g/mol. The van der Waals surface area contributed by atoms with Gasteiger partial charge < -0.3 is 19.9 Å². The molecular weight excluding hydrogens is 484 g/mol. The number of ether oxygens (including phenoxy) is 2. The third-order valence-electron chi connectivity index (χ3n) is 4.35. The van der Waals surface area contributed by atoms with Crippen molar-refractivity contribution in [2.24, 2.45) is 0 Å². The molecule has 0 radical (unpaired) electrons. The van der Waals surface area contributed by atoms with E-state index in [0.717, 1.165) is 11.1 Å². The van der Waals surface area contributed by atoms with Crippen LogP contribution in [-0.4, -0.2) is 18.2 Å². The van der Waals surface area contributed by atoms with Crippen LogP contribution in [0.1, 0.15) is 21.5 Å². The molecule has 0 saturated heterocycles. The largest absolute Gasteiger partial charge is 0.493 e. The van der Waals surface area contributed by atoms with Crippen molar-refractivity contribution < 1.29 is 19.4 Å². The van der Waals surface area contributed by atoms with Gasteiger partial charge in [0.15, 0.2) is 11.5 Å². The fourth-order valence-electron chi connectivity index (χ4n) is 2.80. The third kappa shape index (κ3) is 5.89. The average Bonchev–Trinajstić information content (AvgIpc) is 2.73. The van der Waals surface area contributed by atoms with Crippen LogP contribution in [0.4, 0.5) is 5.69 Å². The van der Waals surface area contributed by atoms with Crippen molar-refractivity contribution in [2.75, 3.05) is 12.4 Å². The van der Waals surface area contributed by atoms with Crippen molar-refractivity contribution in [2.45, 2.75) is 13.2 Å². The Labute approximate surface area is 199 Å². The summed E-state index contributed by atoms with van der Waals surface area (Å²) in [7, 11) is 1.53. The number of halogens is 4. The summed E-state index contributed by atoms with van der Waals surface area (Å²) in [6.45, 7) is 0.644. The second-order valence-electron chi connectivity index (χ2n) is 6.50. The van der Waals surface area contributed by atoms with Crippen LogP contribution in [0.3, 0.4) is 0 Å².